The lowest BCUT2D eigenvalue weighted by Crippen LogP contribution is -2.57. The lowest BCUT2D eigenvalue weighted by atomic mass is 10.0. The zero-order valence-corrected chi connectivity index (χ0v) is 15.6. The molecule has 0 radical (unpaired) electrons. The molecule has 1 aromatic carbocycles. The summed E-state index contributed by atoms with van der Waals surface area (Å²) in [6.45, 7) is 1.28. The van der Waals surface area contributed by atoms with E-state index >= 15 is 0 Å². The number of hydrogen-bond donors (Lipinski definition) is 2. The Bertz CT molecular complexity index is 825. The molecule has 0 spiro atoms. The van der Waals surface area contributed by atoms with Crippen LogP contribution in [-0.2, 0) is 9.59 Å². The smallest absolute Gasteiger partial charge is 0.274 e. The number of piperidine rings is 1. The Balaban J connectivity index is 1.32. The Morgan fingerprint density at radius 3 is 2.81 bits per heavy atom. The van der Waals surface area contributed by atoms with Crippen molar-refractivity contribution in [2.24, 2.45) is 0 Å². The Kier molecular flexibility index (Phi) is 4.97. The number of likely N-dealkylation sites (tertiary alicyclic amines) is 1. The number of aromatic nitrogens is 1. The Morgan fingerprint density at radius 1 is 1.31 bits per heavy atom. The first-order chi connectivity index (χ1) is 12.6. The first-order valence-corrected chi connectivity index (χ1v) is 9.84. The number of rotatable bonds is 3. The molecule has 26 heavy (non-hydrogen) atoms. The zero-order valence-electron chi connectivity index (χ0n) is 14.0. The van der Waals surface area contributed by atoms with Crippen molar-refractivity contribution in [3.63, 3.8) is 0 Å². The number of para-hydroxylation sites is 1. The van der Waals surface area contributed by atoms with Gasteiger partial charge in [-0.1, -0.05) is 29.0 Å². The SMILES string of the molecule is O=C1CCC(C(=O)N2CCC(Oc3nc4c(Cl)cccc4s3)CC2)NN1. The summed E-state index contributed by atoms with van der Waals surface area (Å²) in [5, 5.41) is 1.25. The Hall–Kier alpha value is -1.90. The van der Waals surface area contributed by atoms with Crippen molar-refractivity contribution in [3.8, 4) is 5.19 Å². The van der Waals surface area contributed by atoms with Gasteiger partial charge in [0.25, 0.3) is 5.19 Å². The Labute approximate surface area is 159 Å². The monoisotopic (exact) mass is 394 g/mol. The molecular formula is C17H19ClN4O3S. The summed E-state index contributed by atoms with van der Waals surface area (Å²) in [6.07, 6.45) is 2.47. The molecule has 1 atom stereocenters. The first-order valence-electron chi connectivity index (χ1n) is 8.65. The number of hydrogen-bond acceptors (Lipinski definition) is 6. The van der Waals surface area contributed by atoms with Crippen LogP contribution in [0.3, 0.4) is 0 Å². The highest BCUT2D eigenvalue weighted by molar-refractivity contribution is 7.20. The van der Waals surface area contributed by atoms with Gasteiger partial charge in [-0.2, -0.15) is 0 Å². The average Bonchev–Trinajstić information content (AvgIpc) is 3.06. The highest BCUT2D eigenvalue weighted by Gasteiger charge is 2.31. The maximum absolute atomic E-state index is 12.5. The minimum atomic E-state index is -0.337. The van der Waals surface area contributed by atoms with Gasteiger partial charge in [-0.3, -0.25) is 15.0 Å². The van der Waals surface area contributed by atoms with Gasteiger partial charge >= 0.3 is 0 Å². The largest absolute Gasteiger partial charge is 0.467 e. The third-order valence-electron chi connectivity index (χ3n) is 4.72. The van der Waals surface area contributed by atoms with Gasteiger partial charge in [-0.25, -0.2) is 10.4 Å². The number of nitrogens with one attached hydrogen (secondary N) is 2. The third-order valence-corrected chi connectivity index (χ3v) is 5.93. The zero-order chi connectivity index (χ0) is 18.1. The van der Waals surface area contributed by atoms with Crippen LogP contribution in [0.1, 0.15) is 25.7 Å². The molecule has 1 unspecified atom stereocenters. The number of carbonyl (C=O) groups is 2. The summed E-state index contributed by atoms with van der Waals surface area (Å²) < 4.78 is 7.03. The highest BCUT2D eigenvalue weighted by Crippen LogP contribution is 2.33. The van der Waals surface area contributed by atoms with E-state index in [2.05, 4.69) is 15.8 Å². The molecule has 3 heterocycles. The number of nitrogens with zero attached hydrogens (tertiary/aromatic N) is 2. The van der Waals surface area contributed by atoms with Crippen molar-refractivity contribution in [1.29, 1.82) is 0 Å². The predicted octanol–water partition coefficient (Wildman–Crippen LogP) is 2.10. The second-order valence-electron chi connectivity index (χ2n) is 6.49. The summed E-state index contributed by atoms with van der Waals surface area (Å²) in [4.78, 5) is 30.0. The van der Waals surface area contributed by atoms with E-state index in [1.54, 1.807) is 0 Å². The molecule has 9 heteroatoms. The van der Waals surface area contributed by atoms with Gasteiger partial charge < -0.3 is 9.64 Å². The van der Waals surface area contributed by atoms with Crippen LogP contribution in [0.2, 0.25) is 5.02 Å². The van der Waals surface area contributed by atoms with Crippen LogP contribution in [0.25, 0.3) is 10.2 Å². The molecule has 2 saturated heterocycles. The average molecular weight is 395 g/mol. The molecule has 2 aliphatic heterocycles. The summed E-state index contributed by atoms with van der Waals surface area (Å²) in [6, 6.07) is 5.36. The fraction of sp³-hybridized carbons (Fsp3) is 0.471. The number of thiazole rings is 1. The predicted molar refractivity (Wildman–Crippen MR) is 99.2 cm³/mol. The molecule has 7 nitrogen and oxygen atoms in total. The third kappa shape index (κ3) is 3.62. The fourth-order valence-electron chi connectivity index (χ4n) is 3.26. The van der Waals surface area contributed by atoms with Gasteiger partial charge in [-0.15, -0.1) is 0 Å². The van der Waals surface area contributed by atoms with Crippen molar-refractivity contribution >= 4 is 45.0 Å². The van der Waals surface area contributed by atoms with Crippen molar-refractivity contribution in [2.75, 3.05) is 13.1 Å². The molecule has 2 aromatic rings. The van der Waals surface area contributed by atoms with Crippen molar-refractivity contribution < 1.29 is 14.3 Å². The molecule has 2 aliphatic rings. The number of carbonyl (C=O) groups excluding carboxylic acids is 2. The molecule has 1 aromatic heterocycles. The van der Waals surface area contributed by atoms with Gasteiger partial charge in [0.15, 0.2) is 0 Å². The van der Waals surface area contributed by atoms with Crippen molar-refractivity contribution in [2.45, 2.75) is 37.8 Å². The molecular weight excluding hydrogens is 376 g/mol. The van der Waals surface area contributed by atoms with Gasteiger partial charge in [0, 0.05) is 32.4 Å². The number of fused-ring (bicyclic) bond motifs is 1. The lowest BCUT2D eigenvalue weighted by molar-refractivity contribution is -0.137. The van der Waals surface area contributed by atoms with E-state index in [0.717, 1.165) is 23.1 Å². The van der Waals surface area contributed by atoms with Crippen LogP contribution in [0, 0.1) is 0 Å². The van der Waals surface area contributed by atoms with Crippen molar-refractivity contribution in [1.82, 2.24) is 20.7 Å². The summed E-state index contributed by atoms with van der Waals surface area (Å²) in [7, 11) is 0. The quantitative estimate of drug-likeness (QED) is 0.833. The summed E-state index contributed by atoms with van der Waals surface area (Å²) in [5.41, 5.74) is 6.10. The minimum absolute atomic E-state index is 0.0372. The van der Waals surface area contributed by atoms with Crippen molar-refractivity contribution in [3.05, 3.63) is 23.2 Å². The minimum Gasteiger partial charge on any atom is -0.467 e. The second-order valence-corrected chi connectivity index (χ2v) is 7.89. The molecule has 4 rings (SSSR count). The molecule has 2 fully saturated rings. The number of amides is 2. The van der Waals surface area contributed by atoms with Gasteiger partial charge in [0.1, 0.15) is 17.7 Å². The van der Waals surface area contributed by atoms with Gasteiger partial charge in [-0.05, 0) is 18.6 Å². The Morgan fingerprint density at radius 2 is 2.12 bits per heavy atom. The van der Waals surface area contributed by atoms with Crippen LogP contribution in [0.4, 0.5) is 0 Å². The highest BCUT2D eigenvalue weighted by atomic mass is 35.5. The lowest BCUT2D eigenvalue weighted by Gasteiger charge is -2.35. The van der Waals surface area contributed by atoms with Gasteiger partial charge in [0.05, 0.1) is 9.72 Å². The van der Waals surface area contributed by atoms with Crippen LogP contribution < -0.4 is 15.6 Å². The van der Waals surface area contributed by atoms with E-state index in [9.17, 15) is 9.59 Å². The first kappa shape index (κ1) is 17.5. The molecule has 2 N–H and O–H groups in total. The van der Waals surface area contributed by atoms with E-state index < -0.39 is 0 Å². The van der Waals surface area contributed by atoms with E-state index in [1.807, 2.05) is 23.1 Å². The maximum atomic E-state index is 12.5. The standard InChI is InChI=1S/C17H19ClN4O3S/c18-11-2-1-3-13-15(11)19-17(26-13)25-10-6-8-22(9-7-10)16(24)12-4-5-14(23)21-20-12/h1-3,10,12,20H,4-9H2,(H,21,23). The summed E-state index contributed by atoms with van der Waals surface area (Å²) >= 11 is 7.65. The van der Waals surface area contributed by atoms with E-state index in [-0.39, 0.29) is 24.0 Å². The number of ether oxygens (including phenoxy) is 1. The van der Waals surface area contributed by atoms with Crippen LogP contribution >= 0.6 is 22.9 Å². The van der Waals surface area contributed by atoms with E-state index in [0.29, 0.717) is 36.1 Å². The fourth-order valence-corrected chi connectivity index (χ4v) is 4.45. The second kappa shape index (κ2) is 7.38. The molecule has 0 saturated carbocycles. The normalized spacial score (nSPS) is 21.7. The van der Waals surface area contributed by atoms with E-state index in [4.69, 9.17) is 16.3 Å². The van der Waals surface area contributed by atoms with Gasteiger partial charge in [0.2, 0.25) is 11.8 Å². The van der Waals surface area contributed by atoms with Crippen LogP contribution in [0.5, 0.6) is 5.19 Å². The number of benzene rings is 1. The van der Waals surface area contributed by atoms with Crippen LogP contribution in [-0.4, -0.2) is 46.9 Å². The van der Waals surface area contributed by atoms with Crippen LogP contribution in [0.15, 0.2) is 18.2 Å². The van der Waals surface area contributed by atoms with E-state index in [1.165, 1.54) is 11.3 Å². The maximum Gasteiger partial charge on any atom is 0.274 e. The molecule has 0 bridgehead atoms. The molecule has 138 valence electrons. The molecule has 2 amide bonds. The summed E-state index contributed by atoms with van der Waals surface area (Å²) in [5.74, 6) is -0.0349. The topological polar surface area (TPSA) is 83.6 Å². The molecule has 0 aliphatic carbocycles. The number of hydrazine groups is 1. The number of halogens is 1.